The van der Waals surface area contributed by atoms with Crippen LogP contribution < -0.4 is 19.6 Å². The van der Waals surface area contributed by atoms with Crippen LogP contribution in [0.1, 0.15) is 101 Å². The molecule has 65 heavy (non-hydrogen) atoms. The molecular weight excluding hydrogens is 793 g/mol. The highest BCUT2D eigenvalue weighted by molar-refractivity contribution is 5.80. The van der Waals surface area contributed by atoms with Crippen molar-refractivity contribution in [1.29, 1.82) is 0 Å². The minimum Gasteiger partial charge on any atom is -0.349 e. The zero-order chi connectivity index (χ0) is 46.8. The lowest BCUT2D eigenvalue weighted by Crippen LogP contribution is -2.31. The first-order valence-electron chi connectivity index (χ1n) is 23.4. The Morgan fingerprint density at radius 2 is 0.492 bits per heavy atom. The number of allylic oxidation sites excluding steroid dienone is 10. The summed E-state index contributed by atoms with van der Waals surface area (Å²) in [6.45, 7) is 37.6. The molecule has 336 valence electrons. The Morgan fingerprint density at radius 3 is 0.692 bits per heavy atom. The number of benzene rings is 4. The molecule has 0 unspecified atom stereocenters. The van der Waals surface area contributed by atoms with Crippen molar-refractivity contribution in [3.05, 3.63) is 210 Å². The minimum atomic E-state index is 0.930. The van der Waals surface area contributed by atoms with E-state index >= 15 is 0 Å². The first kappa shape index (κ1) is 45.2. The van der Waals surface area contributed by atoms with Gasteiger partial charge < -0.3 is 29.4 Å². The van der Waals surface area contributed by atoms with Crippen LogP contribution in [0, 0.1) is 83.1 Å². The number of aryl methyl sites for hydroxylation is 12. The maximum absolute atomic E-state index is 2.50. The summed E-state index contributed by atoms with van der Waals surface area (Å²) in [5, 5.41) is 0. The molecule has 0 fully saturated rings. The van der Waals surface area contributed by atoms with Gasteiger partial charge in [0.25, 0.3) is 0 Å². The highest BCUT2D eigenvalue weighted by atomic mass is 15.4. The van der Waals surface area contributed by atoms with E-state index in [4.69, 9.17) is 0 Å². The summed E-state index contributed by atoms with van der Waals surface area (Å²) in [5.74, 6) is 2.34. The van der Waals surface area contributed by atoms with Gasteiger partial charge in [-0.15, -0.1) is 0 Å². The van der Waals surface area contributed by atoms with Gasteiger partial charge in [-0.3, -0.25) is 0 Å². The van der Waals surface area contributed by atoms with E-state index in [0.717, 1.165) is 19.5 Å². The Labute approximate surface area is 390 Å². The third kappa shape index (κ3) is 8.40. The monoisotopic (exact) mass is 863 g/mol. The molecule has 0 amide bonds. The Bertz CT molecular complexity index is 2420. The summed E-state index contributed by atoms with van der Waals surface area (Å²) in [5.41, 5.74) is 27.8. The fraction of sp³-hybridized carbons (Fsp3) is 0.322. The van der Waals surface area contributed by atoms with Gasteiger partial charge in [-0.25, -0.2) is 0 Å². The number of rotatable bonds is 8. The van der Waals surface area contributed by atoms with Crippen molar-refractivity contribution in [2.24, 2.45) is 0 Å². The van der Waals surface area contributed by atoms with Crippen LogP contribution in [-0.2, 0) is 0 Å². The third-order valence-corrected chi connectivity index (χ3v) is 13.6. The molecule has 4 heterocycles. The second kappa shape index (κ2) is 17.5. The van der Waals surface area contributed by atoms with E-state index in [1.165, 1.54) is 135 Å². The van der Waals surface area contributed by atoms with Crippen LogP contribution >= 0.6 is 0 Å². The molecular formula is C59H70N6. The van der Waals surface area contributed by atoms with E-state index in [1.54, 1.807) is 0 Å². The fourth-order valence-corrected chi connectivity index (χ4v) is 11.5. The largest absolute Gasteiger partial charge is 0.349 e. The Hall–Kier alpha value is -6.40. The fourth-order valence-electron chi connectivity index (χ4n) is 11.5. The summed E-state index contributed by atoms with van der Waals surface area (Å²) < 4.78 is 0. The highest BCUT2D eigenvalue weighted by Gasteiger charge is 2.33. The van der Waals surface area contributed by atoms with Crippen LogP contribution in [0.5, 0.6) is 0 Å². The van der Waals surface area contributed by atoms with E-state index in [2.05, 4.69) is 238 Å². The van der Waals surface area contributed by atoms with E-state index in [-0.39, 0.29) is 0 Å². The average molecular weight is 863 g/mol. The summed E-state index contributed by atoms with van der Waals surface area (Å²) in [6, 6.07) is 18.4. The summed E-state index contributed by atoms with van der Waals surface area (Å²) in [4.78, 5) is 14.7. The molecule has 0 aromatic heterocycles. The number of nitrogens with zero attached hydrogens (tertiary/aromatic N) is 6. The molecule has 0 atom stereocenters. The van der Waals surface area contributed by atoms with Crippen LogP contribution in [0.4, 0.5) is 22.7 Å². The molecule has 0 radical (unpaired) electrons. The lowest BCUT2D eigenvalue weighted by atomic mass is 10.0. The van der Waals surface area contributed by atoms with Crippen molar-refractivity contribution in [3.63, 3.8) is 0 Å². The van der Waals surface area contributed by atoms with Crippen LogP contribution in [0.2, 0.25) is 0 Å². The molecule has 8 rings (SSSR count). The van der Waals surface area contributed by atoms with Gasteiger partial charge in [-0.2, -0.15) is 0 Å². The molecule has 6 heteroatoms. The summed E-state index contributed by atoms with van der Waals surface area (Å²) >= 11 is 0. The highest BCUT2D eigenvalue weighted by Crippen LogP contribution is 2.44. The molecule has 4 aliphatic rings. The third-order valence-electron chi connectivity index (χ3n) is 13.6. The molecule has 4 aliphatic heterocycles. The molecule has 4 aromatic rings. The van der Waals surface area contributed by atoms with E-state index in [0.29, 0.717) is 0 Å². The molecule has 0 spiro atoms. The van der Waals surface area contributed by atoms with Gasteiger partial charge in [-0.05, 0) is 186 Å². The van der Waals surface area contributed by atoms with Crippen molar-refractivity contribution < 1.29 is 0 Å². The maximum Gasteiger partial charge on any atom is 0.129 e. The van der Waals surface area contributed by atoms with Crippen molar-refractivity contribution in [3.8, 4) is 0 Å². The van der Waals surface area contributed by atoms with Gasteiger partial charge in [0.2, 0.25) is 0 Å². The smallest absolute Gasteiger partial charge is 0.129 e. The van der Waals surface area contributed by atoms with Gasteiger partial charge in [0, 0.05) is 71.8 Å². The molecule has 0 aliphatic carbocycles. The van der Waals surface area contributed by atoms with Gasteiger partial charge in [-0.1, -0.05) is 70.8 Å². The summed E-state index contributed by atoms with van der Waals surface area (Å²) in [7, 11) is 0. The zero-order valence-corrected chi connectivity index (χ0v) is 42.0. The molecule has 0 N–H and O–H groups in total. The predicted octanol–water partition coefficient (Wildman–Crippen LogP) is 14.7. The van der Waals surface area contributed by atoms with Crippen LogP contribution in [0.25, 0.3) is 0 Å². The Morgan fingerprint density at radius 1 is 0.292 bits per heavy atom. The van der Waals surface area contributed by atoms with Crippen LogP contribution in [-0.4, -0.2) is 22.9 Å². The van der Waals surface area contributed by atoms with E-state index in [9.17, 15) is 0 Å². The minimum absolute atomic E-state index is 0.930. The SMILES string of the molecule is CC1=CC(=C2N(c3c(C)cc(C)cc3C)C=CN2c2c(C)cc(C)cc2C)C=C(C)N1CCCN1C(C)=CC(=C2N(c3c(C)cc(C)cc3C)C=CN2c2c(C)cc(C)cc2C)C=C1C. The Balaban J connectivity index is 1.08. The first-order valence-corrected chi connectivity index (χ1v) is 23.4. The van der Waals surface area contributed by atoms with Gasteiger partial charge in [0.1, 0.15) is 11.6 Å². The van der Waals surface area contributed by atoms with E-state index in [1.807, 2.05) is 0 Å². The lowest BCUT2D eigenvalue weighted by molar-refractivity contribution is 0.356. The number of anilines is 4. The Kier molecular flexibility index (Phi) is 12.2. The van der Waals surface area contributed by atoms with Gasteiger partial charge in [0.15, 0.2) is 0 Å². The molecule has 6 nitrogen and oxygen atoms in total. The van der Waals surface area contributed by atoms with Crippen LogP contribution in [0.15, 0.2) is 143 Å². The topological polar surface area (TPSA) is 19.4 Å². The average Bonchev–Trinajstić information content (AvgIpc) is 3.80. The van der Waals surface area contributed by atoms with Gasteiger partial charge in [0.05, 0.1) is 22.7 Å². The van der Waals surface area contributed by atoms with Crippen molar-refractivity contribution in [1.82, 2.24) is 9.80 Å². The van der Waals surface area contributed by atoms with Crippen molar-refractivity contribution >= 4 is 22.7 Å². The normalized spacial score (nSPS) is 16.4. The molecule has 4 aromatic carbocycles. The number of hydrogen-bond acceptors (Lipinski definition) is 6. The maximum atomic E-state index is 2.50. The quantitative estimate of drug-likeness (QED) is 0.175. The zero-order valence-electron chi connectivity index (χ0n) is 42.0. The number of hydrogen-bond donors (Lipinski definition) is 0. The molecule has 0 saturated carbocycles. The van der Waals surface area contributed by atoms with Crippen molar-refractivity contribution in [2.45, 2.75) is 117 Å². The molecule has 0 bridgehead atoms. The predicted molar refractivity (Wildman–Crippen MR) is 278 cm³/mol. The summed E-state index contributed by atoms with van der Waals surface area (Å²) in [6.07, 6.45) is 19.6. The second-order valence-corrected chi connectivity index (χ2v) is 19.4. The standard InChI is InChI=1S/C59H70N6/c1-36-24-40(5)54(41(6)25-36)62-20-21-63(55-42(7)26-37(2)27-43(55)8)58(62)52-32-48(13)60(49(14)33-52)18-17-19-61-50(15)34-53(35-51(61)16)59-64(56-44(9)28-38(3)29-45(56)10)22-23-65(59)57-46(11)30-39(4)31-47(57)12/h20-35H,17-19H2,1-16H3. The van der Waals surface area contributed by atoms with Crippen LogP contribution in [0.3, 0.4) is 0 Å². The van der Waals surface area contributed by atoms with Crippen molar-refractivity contribution in [2.75, 3.05) is 32.7 Å². The molecule has 0 saturated heterocycles. The first-order chi connectivity index (χ1) is 30.8. The van der Waals surface area contributed by atoms with E-state index < -0.39 is 0 Å². The second-order valence-electron chi connectivity index (χ2n) is 19.4. The van der Waals surface area contributed by atoms with Gasteiger partial charge >= 0.3 is 0 Å². The lowest BCUT2D eigenvalue weighted by Gasteiger charge is -2.36.